The Morgan fingerprint density at radius 2 is 1.58 bits per heavy atom. The van der Waals surface area contributed by atoms with E-state index < -0.39 is 0 Å². The molecule has 0 saturated heterocycles. The van der Waals surface area contributed by atoms with Gasteiger partial charge in [0.15, 0.2) is 0 Å². The van der Waals surface area contributed by atoms with Crippen molar-refractivity contribution in [2.45, 2.75) is 13.5 Å². The van der Waals surface area contributed by atoms with E-state index in [9.17, 15) is 4.79 Å². The first-order chi connectivity index (χ1) is 11.3. The Kier molecular flexibility index (Phi) is 6.79. The summed E-state index contributed by atoms with van der Waals surface area (Å²) in [6.45, 7) is 2.85. The van der Waals surface area contributed by atoms with Crippen LogP contribution in [0.4, 0.5) is 5.69 Å². The molecule has 0 heterocycles. The molecule has 0 aliphatic rings. The fourth-order valence-electron chi connectivity index (χ4n) is 2.17. The highest BCUT2D eigenvalue weighted by Gasteiger charge is 2.17. The van der Waals surface area contributed by atoms with E-state index in [2.05, 4.69) is 5.32 Å². The SMILES string of the molecule is Cc1ccc(CN(C)CC(=O)Nc2c(Cl)c(Cl)cc(Cl)c2Cl)cc1. The van der Waals surface area contributed by atoms with Gasteiger partial charge in [0.05, 0.1) is 32.3 Å². The number of nitrogens with one attached hydrogen (secondary N) is 1. The molecule has 3 nitrogen and oxygen atoms in total. The number of rotatable bonds is 5. The number of anilines is 1. The number of aryl methyl sites for hydroxylation is 1. The summed E-state index contributed by atoms with van der Waals surface area (Å²) in [6, 6.07) is 9.59. The van der Waals surface area contributed by atoms with Crippen LogP contribution in [-0.2, 0) is 11.3 Å². The number of benzene rings is 2. The summed E-state index contributed by atoms with van der Waals surface area (Å²) in [5, 5.41) is 3.47. The summed E-state index contributed by atoms with van der Waals surface area (Å²) in [7, 11) is 1.85. The highest BCUT2D eigenvalue weighted by atomic mass is 35.5. The summed E-state index contributed by atoms with van der Waals surface area (Å²) in [5.41, 5.74) is 2.54. The van der Waals surface area contributed by atoms with Crippen LogP contribution in [0.3, 0.4) is 0 Å². The number of carbonyl (C=O) groups is 1. The van der Waals surface area contributed by atoms with Gasteiger partial charge in [-0.15, -0.1) is 0 Å². The molecule has 0 saturated carbocycles. The van der Waals surface area contributed by atoms with E-state index in [0.29, 0.717) is 6.54 Å². The second-order valence-corrected chi connectivity index (χ2v) is 7.12. The predicted octanol–water partition coefficient (Wildman–Crippen LogP) is 5.68. The molecule has 0 radical (unpaired) electrons. The molecular formula is C17H16Cl4N2O. The van der Waals surface area contributed by atoms with Gasteiger partial charge in [-0.05, 0) is 25.6 Å². The number of nitrogens with zero attached hydrogens (tertiary/aromatic N) is 1. The van der Waals surface area contributed by atoms with Crippen molar-refractivity contribution < 1.29 is 4.79 Å². The van der Waals surface area contributed by atoms with Gasteiger partial charge >= 0.3 is 0 Å². The Balaban J connectivity index is 2.02. The van der Waals surface area contributed by atoms with E-state index >= 15 is 0 Å². The largest absolute Gasteiger partial charge is 0.322 e. The van der Waals surface area contributed by atoms with Crippen molar-refractivity contribution in [1.29, 1.82) is 0 Å². The van der Waals surface area contributed by atoms with Crippen molar-refractivity contribution in [3.8, 4) is 0 Å². The van der Waals surface area contributed by atoms with Gasteiger partial charge < -0.3 is 5.32 Å². The minimum absolute atomic E-state index is 0.167. The lowest BCUT2D eigenvalue weighted by Gasteiger charge is -2.18. The third-order valence-corrected chi connectivity index (χ3v) is 4.94. The van der Waals surface area contributed by atoms with E-state index in [-0.39, 0.29) is 38.2 Å². The zero-order chi connectivity index (χ0) is 17.9. The maximum atomic E-state index is 12.2. The summed E-state index contributed by atoms with van der Waals surface area (Å²) in [5.74, 6) is -0.258. The molecule has 0 fully saturated rings. The van der Waals surface area contributed by atoms with Gasteiger partial charge in [0.25, 0.3) is 0 Å². The highest BCUT2D eigenvalue weighted by Crippen LogP contribution is 2.40. The molecule has 0 aromatic heterocycles. The molecular weight excluding hydrogens is 390 g/mol. The number of likely N-dealkylation sites (N-methyl/N-ethyl adjacent to an activating group) is 1. The molecule has 2 rings (SSSR count). The standard InChI is InChI=1S/C17H16Cl4N2O/c1-10-3-5-11(6-4-10)8-23(2)9-14(24)22-17-15(20)12(18)7-13(19)16(17)21/h3-7H,8-9H2,1-2H3,(H,22,24). The normalized spacial score (nSPS) is 11.0. The molecule has 0 spiro atoms. The second kappa shape index (κ2) is 8.41. The molecule has 1 N–H and O–H groups in total. The van der Waals surface area contributed by atoms with Crippen molar-refractivity contribution in [2.24, 2.45) is 0 Å². The van der Waals surface area contributed by atoms with Crippen LogP contribution in [0, 0.1) is 6.92 Å². The van der Waals surface area contributed by atoms with Crippen LogP contribution in [0.5, 0.6) is 0 Å². The van der Waals surface area contributed by atoms with Gasteiger partial charge in [0.2, 0.25) is 5.91 Å². The van der Waals surface area contributed by atoms with E-state index in [1.807, 2.05) is 43.1 Å². The molecule has 7 heteroatoms. The Morgan fingerprint density at radius 1 is 1.04 bits per heavy atom. The topological polar surface area (TPSA) is 32.3 Å². The molecule has 1 amide bonds. The maximum absolute atomic E-state index is 12.2. The lowest BCUT2D eigenvalue weighted by molar-refractivity contribution is -0.117. The Hall–Kier alpha value is -0.970. The molecule has 128 valence electrons. The van der Waals surface area contributed by atoms with Gasteiger partial charge in [-0.25, -0.2) is 0 Å². The van der Waals surface area contributed by atoms with Crippen LogP contribution in [0.15, 0.2) is 30.3 Å². The first-order valence-corrected chi connectivity index (χ1v) is 8.66. The molecule has 0 aliphatic carbocycles. The van der Waals surface area contributed by atoms with Crippen molar-refractivity contribution in [1.82, 2.24) is 4.90 Å². The van der Waals surface area contributed by atoms with Crippen molar-refractivity contribution in [3.05, 3.63) is 61.5 Å². The fourth-order valence-corrected chi connectivity index (χ4v) is 3.07. The molecule has 2 aromatic carbocycles. The van der Waals surface area contributed by atoms with Gasteiger partial charge in [-0.1, -0.05) is 76.2 Å². The van der Waals surface area contributed by atoms with Crippen LogP contribution in [0.1, 0.15) is 11.1 Å². The molecule has 0 atom stereocenters. The monoisotopic (exact) mass is 404 g/mol. The molecule has 0 aliphatic heterocycles. The predicted molar refractivity (Wildman–Crippen MR) is 103 cm³/mol. The van der Waals surface area contributed by atoms with E-state index in [1.165, 1.54) is 11.6 Å². The van der Waals surface area contributed by atoms with Crippen LogP contribution in [0.25, 0.3) is 0 Å². The van der Waals surface area contributed by atoms with Crippen molar-refractivity contribution in [3.63, 3.8) is 0 Å². The molecule has 0 unspecified atom stereocenters. The minimum atomic E-state index is -0.258. The maximum Gasteiger partial charge on any atom is 0.238 e. The number of amides is 1. The molecule has 2 aromatic rings. The molecule has 24 heavy (non-hydrogen) atoms. The average molecular weight is 406 g/mol. The zero-order valence-electron chi connectivity index (χ0n) is 13.2. The first-order valence-electron chi connectivity index (χ1n) is 7.15. The van der Waals surface area contributed by atoms with Crippen LogP contribution in [-0.4, -0.2) is 24.4 Å². The fraction of sp³-hybridized carbons (Fsp3) is 0.235. The summed E-state index contributed by atoms with van der Waals surface area (Å²) in [6.07, 6.45) is 0. The summed E-state index contributed by atoms with van der Waals surface area (Å²) >= 11 is 24.1. The van der Waals surface area contributed by atoms with Crippen molar-refractivity contribution >= 4 is 58.0 Å². The summed E-state index contributed by atoms with van der Waals surface area (Å²) in [4.78, 5) is 14.1. The number of hydrogen-bond acceptors (Lipinski definition) is 2. The smallest absolute Gasteiger partial charge is 0.238 e. The van der Waals surface area contributed by atoms with Gasteiger partial charge in [0, 0.05) is 6.54 Å². The third kappa shape index (κ3) is 5.01. The Morgan fingerprint density at radius 3 is 2.12 bits per heavy atom. The quantitative estimate of drug-likeness (QED) is 0.649. The lowest BCUT2D eigenvalue weighted by Crippen LogP contribution is -2.30. The zero-order valence-corrected chi connectivity index (χ0v) is 16.2. The van der Waals surface area contributed by atoms with Crippen molar-refractivity contribution in [2.75, 3.05) is 18.9 Å². The van der Waals surface area contributed by atoms with Gasteiger partial charge in [0.1, 0.15) is 0 Å². The van der Waals surface area contributed by atoms with E-state index in [0.717, 1.165) is 5.56 Å². The molecule has 0 bridgehead atoms. The number of carbonyl (C=O) groups excluding carboxylic acids is 1. The Bertz CT molecular complexity index is 721. The van der Waals surface area contributed by atoms with Gasteiger partial charge in [-0.2, -0.15) is 0 Å². The minimum Gasteiger partial charge on any atom is -0.322 e. The van der Waals surface area contributed by atoms with E-state index in [1.54, 1.807) is 0 Å². The van der Waals surface area contributed by atoms with Crippen LogP contribution < -0.4 is 5.32 Å². The van der Waals surface area contributed by atoms with Gasteiger partial charge in [-0.3, -0.25) is 9.69 Å². The second-order valence-electron chi connectivity index (χ2n) is 5.55. The highest BCUT2D eigenvalue weighted by molar-refractivity contribution is 6.50. The summed E-state index contributed by atoms with van der Waals surface area (Å²) < 4.78 is 0. The van der Waals surface area contributed by atoms with E-state index in [4.69, 9.17) is 46.4 Å². The third-order valence-electron chi connectivity index (χ3n) is 3.36. The van der Waals surface area contributed by atoms with Crippen LogP contribution in [0.2, 0.25) is 20.1 Å². The first kappa shape index (κ1) is 19.4. The Labute approximate surface area is 161 Å². The van der Waals surface area contributed by atoms with Crippen LogP contribution >= 0.6 is 46.4 Å². The average Bonchev–Trinajstić information content (AvgIpc) is 2.52. The lowest BCUT2D eigenvalue weighted by atomic mass is 10.1. The number of halogens is 4. The number of hydrogen-bond donors (Lipinski definition) is 1.